The van der Waals surface area contributed by atoms with Crippen molar-refractivity contribution < 1.29 is 9.53 Å². The van der Waals surface area contributed by atoms with Crippen LogP contribution in [0.4, 0.5) is 0 Å². The number of likely N-dealkylation sites (N-methyl/N-ethyl adjacent to an activating group) is 1. The molecule has 1 aromatic carbocycles. The van der Waals surface area contributed by atoms with E-state index in [0.29, 0.717) is 0 Å². The first-order valence-electron chi connectivity index (χ1n) is 4.98. The van der Waals surface area contributed by atoms with Gasteiger partial charge in [-0.25, -0.2) is 4.79 Å². The average Bonchev–Trinajstić information content (AvgIpc) is 2.29. The zero-order valence-corrected chi connectivity index (χ0v) is 10.9. The largest absolute Gasteiger partial charge is 0.468 e. The number of carbonyl (C=O) groups is 1. The smallest absolute Gasteiger partial charge is 0.327 e. The number of hydrogen-bond donors (Lipinski definition) is 0. The third-order valence-electron chi connectivity index (χ3n) is 2.37. The van der Waals surface area contributed by atoms with E-state index in [-0.39, 0.29) is 12.0 Å². The van der Waals surface area contributed by atoms with Crippen molar-refractivity contribution in [2.24, 2.45) is 0 Å². The third-order valence-corrected chi connectivity index (χ3v) is 3.12. The predicted molar refractivity (Wildman–Crippen MR) is 66.7 cm³/mol. The van der Waals surface area contributed by atoms with Gasteiger partial charge in [-0.1, -0.05) is 12.1 Å². The SMILES string of the molecule is COC(=O)C(c1ccc(SC)cc1)N(C)C. The number of nitrogens with zero attached hydrogens (tertiary/aromatic N) is 1. The first-order chi connectivity index (χ1) is 7.60. The first kappa shape index (κ1) is 13.1. The van der Waals surface area contributed by atoms with Crippen molar-refractivity contribution in [2.75, 3.05) is 27.5 Å². The zero-order valence-electron chi connectivity index (χ0n) is 10.1. The highest BCUT2D eigenvalue weighted by Gasteiger charge is 2.23. The Balaban J connectivity index is 2.97. The van der Waals surface area contributed by atoms with Gasteiger partial charge in [0.2, 0.25) is 0 Å². The predicted octanol–water partition coefficient (Wildman–Crippen LogP) is 2.18. The summed E-state index contributed by atoms with van der Waals surface area (Å²) in [4.78, 5) is 14.7. The molecule has 0 spiro atoms. The van der Waals surface area contributed by atoms with Crippen LogP contribution in [0, 0.1) is 0 Å². The number of rotatable bonds is 4. The van der Waals surface area contributed by atoms with Crippen LogP contribution in [0.1, 0.15) is 11.6 Å². The molecule has 0 amide bonds. The normalized spacial score (nSPS) is 12.6. The molecule has 0 saturated carbocycles. The fraction of sp³-hybridized carbons (Fsp3) is 0.417. The Hall–Kier alpha value is -1.00. The van der Waals surface area contributed by atoms with Gasteiger partial charge in [0.05, 0.1) is 7.11 Å². The summed E-state index contributed by atoms with van der Waals surface area (Å²) in [6.07, 6.45) is 2.03. The second-order valence-electron chi connectivity index (χ2n) is 3.66. The number of hydrogen-bond acceptors (Lipinski definition) is 4. The number of esters is 1. The molecule has 3 nitrogen and oxygen atoms in total. The first-order valence-corrected chi connectivity index (χ1v) is 6.20. The molecule has 16 heavy (non-hydrogen) atoms. The Kier molecular flexibility index (Phi) is 4.83. The summed E-state index contributed by atoms with van der Waals surface area (Å²) in [5.41, 5.74) is 0.953. The van der Waals surface area contributed by atoms with E-state index in [1.807, 2.05) is 49.5 Å². The molecule has 1 aromatic rings. The molecule has 0 heterocycles. The monoisotopic (exact) mass is 239 g/mol. The van der Waals surface area contributed by atoms with Gasteiger partial charge in [-0.3, -0.25) is 4.90 Å². The van der Waals surface area contributed by atoms with Crippen LogP contribution >= 0.6 is 11.8 Å². The zero-order chi connectivity index (χ0) is 12.1. The van der Waals surface area contributed by atoms with Crippen molar-refractivity contribution in [3.63, 3.8) is 0 Å². The number of ether oxygens (including phenoxy) is 1. The summed E-state index contributed by atoms with van der Waals surface area (Å²) < 4.78 is 4.80. The lowest BCUT2D eigenvalue weighted by Gasteiger charge is -2.22. The molecule has 0 aliphatic rings. The maximum absolute atomic E-state index is 11.6. The van der Waals surface area contributed by atoms with E-state index in [0.717, 1.165) is 5.56 Å². The lowest BCUT2D eigenvalue weighted by molar-refractivity contribution is -0.146. The summed E-state index contributed by atoms with van der Waals surface area (Å²) in [6, 6.07) is 7.63. The van der Waals surface area contributed by atoms with Crippen molar-refractivity contribution in [1.82, 2.24) is 4.90 Å². The molecule has 4 heteroatoms. The fourth-order valence-corrected chi connectivity index (χ4v) is 1.95. The molecule has 1 rings (SSSR count). The fourth-order valence-electron chi connectivity index (χ4n) is 1.54. The standard InChI is InChI=1S/C12H17NO2S/c1-13(2)11(12(14)15-3)9-5-7-10(16-4)8-6-9/h5-8,11H,1-4H3. The number of benzene rings is 1. The number of methoxy groups -OCH3 is 1. The highest BCUT2D eigenvalue weighted by molar-refractivity contribution is 7.98. The number of carbonyl (C=O) groups excluding carboxylic acids is 1. The number of thioether (sulfide) groups is 1. The molecule has 0 fully saturated rings. The van der Waals surface area contributed by atoms with E-state index in [2.05, 4.69) is 0 Å². The van der Waals surface area contributed by atoms with Crippen LogP contribution in [-0.4, -0.2) is 38.3 Å². The molecule has 0 bridgehead atoms. The average molecular weight is 239 g/mol. The highest BCUT2D eigenvalue weighted by Crippen LogP contribution is 2.22. The van der Waals surface area contributed by atoms with Gasteiger partial charge in [-0.2, -0.15) is 0 Å². The van der Waals surface area contributed by atoms with Gasteiger partial charge < -0.3 is 4.74 Å². The lowest BCUT2D eigenvalue weighted by atomic mass is 10.1. The van der Waals surface area contributed by atoms with Crippen LogP contribution in [0.15, 0.2) is 29.2 Å². The van der Waals surface area contributed by atoms with Crippen LogP contribution in [0.2, 0.25) is 0 Å². The van der Waals surface area contributed by atoms with Crippen LogP contribution < -0.4 is 0 Å². The van der Waals surface area contributed by atoms with E-state index in [9.17, 15) is 4.79 Å². The summed E-state index contributed by atoms with van der Waals surface area (Å²) in [6.45, 7) is 0. The Morgan fingerprint density at radius 2 is 1.88 bits per heavy atom. The van der Waals surface area contributed by atoms with Crippen molar-refractivity contribution >= 4 is 17.7 Å². The van der Waals surface area contributed by atoms with Gasteiger partial charge in [0.25, 0.3) is 0 Å². The van der Waals surface area contributed by atoms with E-state index >= 15 is 0 Å². The topological polar surface area (TPSA) is 29.5 Å². The summed E-state index contributed by atoms with van der Waals surface area (Å²) in [5, 5.41) is 0. The minimum absolute atomic E-state index is 0.234. The second kappa shape index (κ2) is 5.92. The van der Waals surface area contributed by atoms with Crippen LogP contribution in [-0.2, 0) is 9.53 Å². The van der Waals surface area contributed by atoms with Crippen molar-refractivity contribution in [3.8, 4) is 0 Å². The maximum atomic E-state index is 11.6. The highest BCUT2D eigenvalue weighted by atomic mass is 32.2. The molecule has 1 atom stereocenters. The maximum Gasteiger partial charge on any atom is 0.327 e. The Labute approximate surface area is 101 Å². The van der Waals surface area contributed by atoms with E-state index in [1.54, 1.807) is 11.8 Å². The molecule has 0 radical (unpaired) electrons. The molecule has 88 valence electrons. The van der Waals surface area contributed by atoms with Gasteiger partial charge in [0, 0.05) is 4.90 Å². The third kappa shape index (κ3) is 3.00. The second-order valence-corrected chi connectivity index (χ2v) is 4.54. The van der Waals surface area contributed by atoms with Crippen LogP contribution in [0.5, 0.6) is 0 Å². The Morgan fingerprint density at radius 1 is 1.31 bits per heavy atom. The summed E-state index contributed by atoms with van der Waals surface area (Å²) >= 11 is 1.68. The minimum atomic E-state index is -0.332. The summed E-state index contributed by atoms with van der Waals surface area (Å²) in [7, 11) is 5.14. The van der Waals surface area contributed by atoms with Crippen molar-refractivity contribution in [1.29, 1.82) is 0 Å². The van der Waals surface area contributed by atoms with Gasteiger partial charge in [-0.05, 0) is 38.0 Å². The van der Waals surface area contributed by atoms with Crippen molar-refractivity contribution in [2.45, 2.75) is 10.9 Å². The molecule has 0 aromatic heterocycles. The molecule has 1 unspecified atom stereocenters. The van der Waals surface area contributed by atoms with Crippen LogP contribution in [0.25, 0.3) is 0 Å². The molecule has 0 aliphatic heterocycles. The molecule has 0 saturated heterocycles. The van der Waals surface area contributed by atoms with Gasteiger partial charge in [-0.15, -0.1) is 11.8 Å². The van der Waals surface area contributed by atoms with E-state index < -0.39 is 0 Å². The summed E-state index contributed by atoms with van der Waals surface area (Å²) in [5.74, 6) is -0.234. The van der Waals surface area contributed by atoms with E-state index in [1.165, 1.54) is 12.0 Å². The van der Waals surface area contributed by atoms with Gasteiger partial charge >= 0.3 is 5.97 Å². The van der Waals surface area contributed by atoms with E-state index in [4.69, 9.17) is 4.74 Å². The molecule has 0 aliphatic carbocycles. The Morgan fingerprint density at radius 3 is 2.25 bits per heavy atom. The van der Waals surface area contributed by atoms with Crippen LogP contribution in [0.3, 0.4) is 0 Å². The minimum Gasteiger partial charge on any atom is -0.468 e. The van der Waals surface area contributed by atoms with Crippen molar-refractivity contribution in [3.05, 3.63) is 29.8 Å². The van der Waals surface area contributed by atoms with Gasteiger partial charge in [0.15, 0.2) is 0 Å². The molecular formula is C12H17NO2S. The Bertz CT molecular complexity index is 349. The van der Waals surface area contributed by atoms with Gasteiger partial charge in [0.1, 0.15) is 6.04 Å². The lowest BCUT2D eigenvalue weighted by Crippen LogP contribution is -2.28. The molecular weight excluding hydrogens is 222 g/mol. The molecule has 0 N–H and O–H groups in total. The quantitative estimate of drug-likeness (QED) is 0.595.